The van der Waals surface area contributed by atoms with Gasteiger partial charge in [-0.2, -0.15) is 0 Å². The summed E-state index contributed by atoms with van der Waals surface area (Å²) in [6.07, 6.45) is 3.34. The summed E-state index contributed by atoms with van der Waals surface area (Å²) >= 11 is 0. The molecule has 0 aromatic heterocycles. The number of benzene rings is 1. The Morgan fingerprint density at radius 1 is 1.15 bits per heavy atom. The highest BCUT2D eigenvalue weighted by Crippen LogP contribution is 2.06. The third-order valence-corrected chi connectivity index (χ3v) is 2.97. The Kier molecular flexibility index (Phi) is 7.35. The van der Waals surface area contributed by atoms with Crippen LogP contribution in [0.2, 0.25) is 0 Å². The van der Waals surface area contributed by atoms with Crippen LogP contribution in [-0.2, 0) is 16.1 Å². The lowest BCUT2D eigenvalue weighted by molar-refractivity contribution is -0.121. The van der Waals surface area contributed by atoms with E-state index in [-0.39, 0.29) is 11.9 Å². The molecule has 0 aliphatic rings. The van der Waals surface area contributed by atoms with E-state index in [2.05, 4.69) is 10.1 Å². The second-order valence-electron chi connectivity index (χ2n) is 4.56. The van der Waals surface area contributed by atoms with Crippen molar-refractivity contribution in [2.45, 2.75) is 32.2 Å². The zero-order chi connectivity index (χ0) is 14.8. The van der Waals surface area contributed by atoms with Gasteiger partial charge in [-0.25, -0.2) is 4.79 Å². The van der Waals surface area contributed by atoms with Crippen LogP contribution < -0.4 is 11.1 Å². The minimum absolute atomic E-state index is 0.0408. The molecule has 1 amide bonds. The largest absolute Gasteiger partial charge is 0.465 e. The Labute approximate surface area is 119 Å². The molecular weight excluding hydrogens is 256 g/mol. The predicted octanol–water partition coefficient (Wildman–Crippen LogP) is 1.61. The van der Waals surface area contributed by atoms with Crippen molar-refractivity contribution >= 4 is 11.9 Å². The van der Waals surface area contributed by atoms with Crippen LogP contribution in [0.5, 0.6) is 0 Å². The molecule has 1 aromatic carbocycles. The van der Waals surface area contributed by atoms with Gasteiger partial charge in [-0.05, 0) is 37.1 Å². The highest BCUT2D eigenvalue weighted by Gasteiger charge is 2.05. The topological polar surface area (TPSA) is 81.4 Å². The molecule has 5 nitrogen and oxygen atoms in total. The first-order valence-electron chi connectivity index (χ1n) is 6.81. The Bertz CT molecular complexity index is 429. The first-order chi connectivity index (χ1) is 9.67. The van der Waals surface area contributed by atoms with Crippen LogP contribution in [0.1, 0.15) is 41.6 Å². The second kappa shape index (κ2) is 9.09. The zero-order valence-electron chi connectivity index (χ0n) is 11.9. The van der Waals surface area contributed by atoms with Crippen LogP contribution in [0.25, 0.3) is 0 Å². The summed E-state index contributed by atoms with van der Waals surface area (Å²) in [5.41, 5.74) is 6.85. The Hall–Kier alpha value is -1.88. The first kappa shape index (κ1) is 16.2. The van der Waals surface area contributed by atoms with Gasteiger partial charge in [0.25, 0.3) is 0 Å². The lowest BCUT2D eigenvalue weighted by atomic mass is 10.1. The minimum atomic E-state index is -0.361. The number of carbonyl (C=O) groups excluding carboxylic acids is 2. The molecule has 0 bridgehead atoms. The van der Waals surface area contributed by atoms with Crippen LogP contribution in [0.15, 0.2) is 24.3 Å². The Morgan fingerprint density at radius 2 is 1.85 bits per heavy atom. The molecule has 1 aromatic rings. The number of hydrogen-bond donors (Lipinski definition) is 2. The molecule has 0 spiro atoms. The number of carbonyl (C=O) groups is 2. The molecule has 0 aliphatic carbocycles. The number of hydrogen-bond acceptors (Lipinski definition) is 4. The van der Waals surface area contributed by atoms with E-state index in [9.17, 15) is 9.59 Å². The maximum atomic E-state index is 11.6. The summed E-state index contributed by atoms with van der Waals surface area (Å²) in [5, 5.41) is 2.85. The molecule has 0 saturated carbocycles. The van der Waals surface area contributed by atoms with E-state index in [1.54, 1.807) is 24.3 Å². The van der Waals surface area contributed by atoms with Crippen molar-refractivity contribution in [3.63, 3.8) is 0 Å². The van der Waals surface area contributed by atoms with Gasteiger partial charge in [-0.1, -0.05) is 18.6 Å². The smallest absolute Gasteiger partial charge is 0.337 e. The number of unbranched alkanes of at least 4 members (excludes halogenated alkanes) is 2. The van der Waals surface area contributed by atoms with Gasteiger partial charge in [-0.15, -0.1) is 0 Å². The van der Waals surface area contributed by atoms with Crippen LogP contribution in [0, 0.1) is 0 Å². The third-order valence-electron chi connectivity index (χ3n) is 2.97. The molecule has 0 unspecified atom stereocenters. The van der Waals surface area contributed by atoms with Gasteiger partial charge < -0.3 is 15.8 Å². The van der Waals surface area contributed by atoms with Gasteiger partial charge in [0, 0.05) is 13.0 Å². The summed E-state index contributed by atoms with van der Waals surface area (Å²) in [5.74, 6) is -0.320. The van der Waals surface area contributed by atoms with Crippen molar-refractivity contribution in [3.8, 4) is 0 Å². The summed E-state index contributed by atoms with van der Waals surface area (Å²) in [6, 6.07) is 6.99. The molecule has 20 heavy (non-hydrogen) atoms. The number of ether oxygens (including phenoxy) is 1. The number of esters is 1. The number of rotatable bonds is 8. The van der Waals surface area contributed by atoms with Crippen molar-refractivity contribution in [2.75, 3.05) is 13.7 Å². The molecule has 0 heterocycles. The SMILES string of the molecule is COC(=O)c1ccc(CNC(=O)CCCCCN)cc1. The fourth-order valence-electron chi connectivity index (χ4n) is 1.77. The highest BCUT2D eigenvalue weighted by atomic mass is 16.5. The number of nitrogens with two attached hydrogens (primary N) is 1. The molecule has 0 radical (unpaired) electrons. The third kappa shape index (κ3) is 5.84. The predicted molar refractivity (Wildman–Crippen MR) is 77.2 cm³/mol. The average molecular weight is 278 g/mol. The van der Waals surface area contributed by atoms with Gasteiger partial charge in [0.05, 0.1) is 12.7 Å². The number of methoxy groups -OCH3 is 1. The monoisotopic (exact) mass is 278 g/mol. The van der Waals surface area contributed by atoms with E-state index in [1.807, 2.05) is 0 Å². The lowest BCUT2D eigenvalue weighted by Gasteiger charge is -2.06. The van der Waals surface area contributed by atoms with Crippen LogP contribution in [-0.4, -0.2) is 25.5 Å². The van der Waals surface area contributed by atoms with E-state index < -0.39 is 0 Å². The zero-order valence-corrected chi connectivity index (χ0v) is 11.9. The van der Waals surface area contributed by atoms with Crippen LogP contribution in [0.4, 0.5) is 0 Å². The summed E-state index contributed by atoms with van der Waals surface area (Å²) in [4.78, 5) is 22.8. The van der Waals surface area contributed by atoms with Gasteiger partial charge in [-0.3, -0.25) is 4.79 Å². The van der Waals surface area contributed by atoms with Gasteiger partial charge in [0.15, 0.2) is 0 Å². The van der Waals surface area contributed by atoms with Gasteiger partial charge in [0.2, 0.25) is 5.91 Å². The summed E-state index contributed by atoms with van der Waals surface area (Å²) in [6.45, 7) is 1.14. The van der Waals surface area contributed by atoms with Crippen molar-refractivity contribution in [1.29, 1.82) is 0 Å². The fraction of sp³-hybridized carbons (Fsp3) is 0.467. The van der Waals surface area contributed by atoms with Crippen LogP contribution in [0.3, 0.4) is 0 Å². The molecule has 0 aliphatic heterocycles. The first-order valence-corrected chi connectivity index (χ1v) is 6.81. The molecule has 110 valence electrons. The van der Waals surface area contributed by atoms with E-state index in [0.717, 1.165) is 24.8 Å². The second-order valence-corrected chi connectivity index (χ2v) is 4.56. The van der Waals surface area contributed by atoms with Crippen molar-refractivity contribution in [2.24, 2.45) is 5.73 Å². The molecule has 3 N–H and O–H groups in total. The van der Waals surface area contributed by atoms with E-state index in [1.165, 1.54) is 7.11 Å². The maximum Gasteiger partial charge on any atom is 0.337 e. The van der Waals surface area contributed by atoms with E-state index >= 15 is 0 Å². The molecule has 0 fully saturated rings. The van der Waals surface area contributed by atoms with E-state index in [0.29, 0.717) is 25.1 Å². The van der Waals surface area contributed by atoms with Gasteiger partial charge >= 0.3 is 5.97 Å². The summed E-state index contributed by atoms with van der Waals surface area (Å²) in [7, 11) is 1.35. The van der Waals surface area contributed by atoms with E-state index in [4.69, 9.17) is 5.73 Å². The van der Waals surface area contributed by atoms with Crippen molar-refractivity contribution in [3.05, 3.63) is 35.4 Å². The number of amides is 1. The standard InChI is InChI=1S/C15H22N2O3/c1-20-15(19)13-8-6-12(7-9-13)11-17-14(18)5-3-2-4-10-16/h6-9H,2-5,10-11,16H2,1H3,(H,17,18). The van der Waals surface area contributed by atoms with Crippen molar-refractivity contribution in [1.82, 2.24) is 5.32 Å². The quantitative estimate of drug-likeness (QED) is 0.559. The Balaban J connectivity index is 2.31. The Morgan fingerprint density at radius 3 is 2.45 bits per heavy atom. The average Bonchev–Trinajstić information content (AvgIpc) is 2.49. The molecule has 0 atom stereocenters. The number of nitrogens with one attached hydrogen (secondary N) is 1. The summed E-state index contributed by atoms with van der Waals surface area (Å²) < 4.78 is 4.62. The minimum Gasteiger partial charge on any atom is -0.465 e. The maximum absolute atomic E-state index is 11.6. The lowest BCUT2D eigenvalue weighted by Crippen LogP contribution is -2.22. The molecule has 1 rings (SSSR count). The molecule has 5 heteroatoms. The fourth-order valence-corrected chi connectivity index (χ4v) is 1.77. The van der Waals surface area contributed by atoms with Gasteiger partial charge in [0.1, 0.15) is 0 Å². The normalized spacial score (nSPS) is 10.1. The van der Waals surface area contributed by atoms with Crippen molar-refractivity contribution < 1.29 is 14.3 Å². The highest BCUT2D eigenvalue weighted by molar-refractivity contribution is 5.89. The van der Waals surface area contributed by atoms with Crippen LogP contribution >= 0.6 is 0 Å². The molecule has 0 saturated heterocycles. The molecular formula is C15H22N2O3.